The molecule has 0 N–H and O–H groups in total. The minimum atomic E-state index is 0.0461. The molecular weight excluding hydrogens is 306 g/mol. The Labute approximate surface area is 132 Å². The lowest BCUT2D eigenvalue weighted by atomic mass is 10.2. The van der Waals surface area contributed by atoms with Crippen molar-refractivity contribution < 1.29 is 18.4 Å². The summed E-state index contributed by atoms with van der Waals surface area (Å²) in [5, 5.41) is 8.16. The maximum atomic E-state index is 12.2. The number of ether oxygens (including phenoxy) is 1. The molecule has 1 aliphatic rings. The van der Waals surface area contributed by atoms with Crippen LogP contribution >= 0.6 is 11.8 Å². The summed E-state index contributed by atoms with van der Waals surface area (Å²) >= 11 is 1.23. The second kappa shape index (κ2) is 6.53. The lowest BCUT2D eigenvalue weighted by Crippen LogP contribution is -2.48. The SMILES string of the molecule is C[C@H]1CN(C(=O)CSc2nnc(-c3ccco3)o2)C[C@H](C)O1. The van der Waals surface area contributed by atoms with Crippen molar-refractivity contribution in [2.24, 2.45) is 0 Å². The van der Waals surface area contributed by atoms with Gasteiger partial charge in [-0.15, -0.1) is 10.2 Å². The van der Waals surface area contributed by atoms with Crippen molar-refractivity contribution in [1.82, 2.24) is 15.1 Å². The minimum absolute atomic E-state index is 0.0461. The van der Waals surface area contributed by atoms with Crippen molar-refractivity contribution in [1.29, 1.82) is 0 Å². The van der Waals surface area contributed by atoms with E-state index in [1.807, 2.05) is 18.7 Å². The summed E-state index contributed by atoms with van der Waals surface area (Å²) in [5.74, 6) is 1.14. The van der Waals surface area contributed by atoms with Crippen molar-refractivity contribution in [2.45, 2.75) is 31.3 Å². The quantitative estimate of drug-likeness (QED) is 0.796. The first-order chi connectivity index (χ1) is 10.6. The topological polar surface area (TPSA) is 81.6 Å². The molecule has 0 radical (unpaired) electrons. The Kier molecular flexibility index (Phi) is 4.49. The molecule has 0 aliphatic carbocycles. The standard InChI is InChI=1S/C14H17N3O4S/c1-9-6-17(7-10(2)20-9)12(18)8-22-14-16-15-13(21-14)11-4-3-5-19-11/h3-5,9-10H,6-8H2,1-2H3/t9-,10-/m0/s1. The number of carbonyl (C=O) groups excluding carboxylic acids is 1. The number of morpholine rings is 1. The highest BCUT2D eigenvalue weighted by Crippen LogP contribution is 2.24. The molecule has 22 heavy (non-hydrogen) atoms. The third-order valence-electron chi connectivity index (χ3n) is 3.23. The minimum Gasteiger partial charge on any atom is -0.459 e. The first kappa shape index (κ1) is 15.1. The number of nitrogens with zero attached hydrogens (tertiary/aromatic N) is 3. The molecule has 7 nitrogen and oxygen atoms in total. The number of rotatable bonds is 4. The van der Waals surface area contributed by atoms with Gasteiger partial charge in [0.1, 0.15) is 0 Å². The lowest BCUT2D eigenvalue weighted by molar-refractivity contribution is -0.140. The van der Waals surface area contributed by atoms with E-state index in [0.717, 1.165) is 0 Å². The molecule has 0 spiro atoms. The molecule has 1 aliphatic heterocycles. The van der Waals surface area contributed by atoms with Gasteiger partial charge in [0.25, 0.3) is 11.1 Å². The molecule has 1 amide bonds. The van der Waals surface area contributed by atoms with Gasteiger partial charge in [0.15, 0.2) is 5.76 Å². The number of carbonyl (C=O) groups is 1. The van der Waals surface area contributed by atoms with Crippen molar-refractivity contribution in [3.05, 3.63) is 18.4 Å². The monoisotopic (exact) mass is 323 g/mol. The van der Waals surface area contributed by atoms with Gasteiger partial charge in [-0.05, 0) is 26.0 Å². The summed E-state index contributed by atoms with van der Waals surface area (Å²) in [7, 11) is 0. The van der Waals surface area contributed by atoms with Gasteiger partial charge in [-0.2, -0.15) is 0 Å². The zero-order valence-electron chi connectivity index (χ0n) is 12.4. The van der Waals surface area contributed by atoms with Crippen LogP contribution in [0.5, 0.6) is 0 Å². The van der Waals surface area contributed by atoms with E-state index in [-0.39, 0.29) is 23.9 Å². The number of hydrogen-bond donors (Lipinski definition) is 0. The molecule has 0 aromatic carbocycles. The molecule has 3 heterocycles. The Morgan fingerprint density at radius 2 is 2.14 bits per heavy atom. The maximum absolute atomic E-state index is 12.2. The highest BCUT2D eigenvalue weighted by molar-refractivity contribution is 7.99. The molecule has 2 aromatic heterocycles. The molecule has 8 heteroatoms. The van der Waals surface area contributed by atoms with Gasteiger partial charge in [0.2, 0.25) is 5.91 Å². The van der Waals surface area contributed by atoms with E-state index in [1.54, 1.807) is 12.1 Å². The zero-order chi connectivity index (χ0) is 15.5. The van der Waals surface area contributed by atoms with E-state index in [4.69, 9.17) is 13.6 Å². The fraction of sp³-hybridized carbons (Fsp3) is 0.500. The van der Waals surface area contributed by atoms with E-state index in [2.05, 4.69) is 10.2 Å². The van der Waals surface area contributed by atoms with Gasteiger partial charge in [0, 0.05) is 13.1 Å². The molecule has 2 aromatic rings. The molecule has 3 rings (SSSR count). The fourth-order valence-corrected chi connectivity index (χ4v) is 3.03. The number of thioether (sulfide) groups is 1. The summed E-state index contributed by atoms with van der Waals surface area (Å²) in [6.07, 6.45) is 1.66. The summed E-state index contributed by atoms with van der Waals surface area (Å²) in [4.78, 5) is 14.1. The number of hydrogen-bond acceptors (Lipinski definition) is 7. The van der Waals surface area contributed by atoms with Crippen LogP contribution in [0.4, 0.5) is 0 Å². The molecule has 2 atom stereocenters. The highest BCUT2D eigenvalue weighted by atomic mass is 32.2. The van der Waals surface area contributed by atoms with Gasteiger partial charge >= 0.3 is 0 Å². The van der Waals surface area contributed by atoms with Crippen LogP contribution in [0.15, 0.2) is 32.5 Å². The number of aromatic nitrogens is 2. The summed E-state index contributed by atoms with van der Waals surface area (Å²) < 4.78 is 16.3. The average Bonchev–Trinajstić information content (AvgIpc) is 3.14. The Hall–Kier alpha value is -1.80. The summed E-state index contributed by atoms with van der Waals surface area (Å²) in [5.41, 5.74) is 0. The third-order valence-corrected chi connectivity index (χ3v) is 4.03. The van der Waals surface area contributed by atoms with Crippen molar-refractivity contribution in [2.75, 3.05) is 18.8 Å². The predicted molar refractivity (Wildman–Crippen MR) is 79.3 cm³/mol. The van der Waals surface area contributed by atoms with Crippen LogP contribution in [-0.2, 0) is 9.53 Å². The molecule has 0 unspecified atom stereocenters. The van der Waals surface area contributed by atoms with Crippen molar-refractivity contribution >= 4 is 17.7 Å². The number of furan rings is 1. The molecule has 1 saturated heterocycles. The summed E-state index contributed by atoms with van der Waals surface area (Å²) in [6, 6.07) is 3.49. The average molecular weight is 323 g/mol. The molecule has 0 saturated carbocycles. The normalized spacial score (nSPS) is 22.0. The van der Waals surface area contributed by atoms with Crippen LogP contribution in [0.1, 0.15) is 13.8 Å². The van der Waals surface area contributed by atoms with E-state index < -0.39 is 0 Å². The highest BCUT2D eigenvalue weighted by Gasteiger charge is 2.26. The summed E-state index contributed by atoms with van der Waals surface area (Å²) in [6.45, 7) is 5.17. The molecular formula is C14H17N3O4S. The Bertz CT molecular complexity index is 618. The largest absolute Gasteiger partial charge is 0.459 e. The first-order valence-corrected chi connectivity index (χ1v) is 8.04. The van der Waals surface area contributed by atoms with Crippen molar-refractivity contribution in [3.63, 3.8) is 0 Å². The Balaban J connectivity index is 1.55. The first-order valence-electron chi connectivity index (χ1n) is 7.05. The maximum Gasteiger partial charge on any atom is 0.284 e. The van der Waals surface area contributed by atoms with Gasteiger partial charge < -0.3 is 18.5 Å². The molecule has 1 fully saturated rings. The predicted octanol–water partition coefficient (Wildman–Crippen LogP) is 2.06. The molecule has 0 bridgehead atoms. The fourth-order valence-electron chi connectivity index (χ4n) is 2.36. The second-order valence-corrected chi connectivity index (χ2v) is 6.12. The van der Waals surface area contributed by atoms with Gasteiger partial charge in [-0.3, -0.25) is 4.79 Å². The van der Waals surface area contributed by atoms with Crippen molar-refractivity contribution in [3.8, 4) is 11.7 Å². The lowest BCUT2D eigenvalue weighted by Gasteiger charge is -2.35. The second-order valence-electron chi connectivity index (χ2n) is 5.20. The van der Waals surface area contributed by atoms with Crippen LogP contribution in [0.25, 0.3) is 11.7 Å². The van der Waals surface area contributed by atoms with Crippen LogP contribution < -0.4 is 0 Å². The third kappa shape index (κ3) is 3.50. The van der Waals surface area contributed by atoms with Gasteiger partial charge in [-0.1, -0.05) is 11.8 Å². The zero-order valence-corrected chi connectivity index (χ0v) is 13.2. The van der Waals surface area contributed by atoms with E-state index >= 15 is 0 Å². The van der Waals surface area contributed by atoms with E-state index in [9.17, 15) is 4.79 Å². The van der Waals surface area contributed by atoms with Crippen LogP contribution in [0, 0.1) is 0 Å². The Morgan fingerprint density at radius 3 is 2.82 bits per heavy atom. The van der Waals surface area contributed by atoms with E-state index in [1.165, 1.54) is 18.0 Å². The van der Waals surface area contributed by atoms with E-state index in [0.29, 0.717) is 30.0 Å². The van der Waals surface area contributed by atoms with Crippen LogP contribution in [0.2, 0.25) is 0 Å². The Morgan fingerprint density at radius 1 is 1.36 bits per heavy atom. The smallest absolute Gasteiger partial charge is 0.284 e. The molecule has 118 valence electrons. The van der Waals surface area contributed by atoms with Crippen LogP contribution in [-0.4, -0.2) is 52.1 Å². The number of amides is 1. The van der Waals surface area contributed by atoms with Crippen LogP contribution in [0.3, 0.4) is 0 Å². The van der Waals surface area contributed by atoms with Gasteiger partial charge in [0.05, 0.1) is 24.2 Å². The van der Waals surface area contributed by atoms with Gasteiger partial charge in [-0.25, -0.2) is 0 Å².